The number of carbonyl (C=O) groups excluding carboxylic acids is 2. The minimum atomic E-state index is -0.343. The maximum absolute atomic E-state index is 13.6. The lowest BCUT2D eigenvalue weighted by atomic mass is 9.92. The number of pyridine rings is 1. The normalized spacial score (nSPS) is 22.2. The second kappa shape index (κ2) is 8.79. The summed E-state index contributed by atoms with van der Waals surface area (Å²) in [4.78, 5) is 32.9. The predicted octanol–water partition coefficient (Wildman–Crippen LogP) is 3.87. The summed E-state index contributed by atoms with van der Waals surface area (Å²) in [5, 5.41) is 6.27. The van der Waals surface area contributed by atoms with Crippen LogP contribution in [-0.2, 0) is 9.59 Å². The molecule has 0 aliphatic carbocycles. The molecular weight excluding hydrogens is 412 g/mol. The van der Waals surface area contributed by atoms with Gasteiger partial charge in [-0.2, -0.15) is 0 Å². The third-order valence-corrected chi connectivity index (χ3v) is 6.87. The summed E-state index contributed by atoms with van der Waals surface area (Å²) in [7, 11) is 0. The Balaban J connectivity index is 1.47. The fourth-order valence-corrected chi connectivity index (χ4v) is 5.16. The van der Waals surface area contributed by atoms with Gasteiger partial charge in [0, 0.05) is 18.3 Å². The third-order valence-electron chi connectivity index (χ3n) is 6.87. The monoisotopic (exact) mass is 440 g/mol. The summed E-state index contributed by atoms with van der Waals surface area (Å²) in [6.07, 6.45) is 0.626. The quantitative estimate of drug-likeness (QED) is 0.646. The zero-order valence-corrected chi connectivity index (χ0v) is 18.9. The molecule has 0 unspecified atom stereocenters. The molecule has 6 heteroatoms. The molecule has 0 bridgehead atoms. The van der Waals surface area contributed by atoms with E-state index in [1.54, 1.807) is 0 Å². The lowest BCUT2D eigenvalue weighted by Crippen LogP contribution is -2.52. The first-order valence-electron chi connectivity index (χ1n) is 11.4. The van der Waals surface area contributed by atoms with Crippen LogP contribution in [0.1, 0.15) is 29.3 Å². The molecular formula is C27H28N4O2. The number of fused-ring (bicyclic) bond motifs is 1. The van der Waals surface area contributed by atoms with Crippen molar-refractivity contribution in [2.45, 2.75) is 32.4 Å². The van der Waals surface area contributed by atoms with Gasteiger partial charge >= 0.3 is 0 Å². The van der Waals surface area contributed by atoms with Crippen molar-refractivity contribution in [2.24, 2.45) is 5.92 Å². The van der Waals surface area contributed by atoms with Crippen molar-refractivity contribution in [1.82, 2.24) is 15.2 Å². The number of benzene rings is 2. The number of nitrogens with zero attached hydrogens (tertiary/aromatic N) is 2. The Labute approximate surface area is 194 Å². The van der Waals surface area contributed by atoms with Crippen LogP contribution in [-0.4, -0.2) is 40.8 Å². The molecule has 168 valence electrons. The number of nitrogens with one attached hydrogen (secondary N) is 2. The van der Waals surface area contributed by atoms with Crippen LogP contribution >= 0.6 is 0 Å². The molecule has 2 aromatic carbocycles. The van der Waals surface area contributed by atoms with Gasteiger partial charge in [0.2, 0.25) is 11.8 Å². The van der Waals surface area contributed by atoms with Crippen molar-refractivity contribution >= 4 is 17.6 Å². The Hall–Kier alpha value is -3.51. The minimum absolute atomic E-state index is 0.0137. The van der Waals surface area contributed by atoms with Gasteiger partial charge in [0.05, 0.1) is 18.5 Å². The molecule has 2 saturated heterocycles. The largest absolute Gasteiger partial charge is 0.329 e. The number of anilines is 1. The van der Waals surface area contributed by atoms with E-state index in [4.69, 9.17) is 0 Å². The van der Waals surface area contributed by atoms with E-state index >= 15 is 0 Å². The molecule has 0 radical (unpaired) electrons. The van der Waals surface area contributed by atoms with Crippen LogP contribution in [0.2, 0.25) is 0 Å². The van der Waals surface area contributed by atoms with Gasteiger partial charge in [0.25, 0.3) is 0 Å². The molecule has 0 saturated carbocycles. The van der Waals surface area contributed by atoms with Gasteiger partial charge in [-0.05, 0) is 48.6 Å². The highest BCUT2D eigenvalue weighted by molar-refractivity contribution is 5.94. The Morgan fingerprint density at radius 2 is 1.76 bits per heavy atom. The number of hydrogen-bond donors (Lipinski definition) is 2. The summed E-state index contributed by atoms with van der Waals surface area (Å²) in [5.41, 5.74) is 5.12. The van der Waals surface area contributed by atoms with Gasteiger partial charge in [-0.15, -0.1) is 0 Å². The molecule has 2 aliphatic rings. The van der Waals surface area contributed by atoms with Crippen LogP contribution in [0.5, 0.6) is 0 Å². The van der Waals surface area contributed by atoms with Crippen LogP contribution < -0.4 is 10.6 Å². The van der Waals surface area contributed by atoms with Crippen LogP contribution in [0.4, 0.5) is 5.82 Å². The zero-order chi connectivity index (χ0) is 22.9. The fraction of sp³-hybridized carbons (Fsp3) is 0.296. The average Bonchev–Trinajstić information content (AvgIpc) is 3.24. The SMILES string of the molecule is Cc1nc(NC(=O)[C@@H]2C[C@@H]3CNCC(=O)N3[C@@H]2c2ccccc2)cc(-c2ccccc2)c1C. The van der Waals surface area contributed by atoms with E-state index in [0.29, 0.717) is 25.3 Å². The molecule has 33 heavy (non-hydrogen) atoms. The van der Waals surface area contributed by atoms with Gasteiger partial charge in [-0.3, -0.25) is 9.59 Å². The van der Waals surface area contributed by atoms with Gasteiger partial charge in [0.15, 0.2) is 0 Å². The molecule has 2 aliphatic heterocycles. The van der Waals surface area contributed by atoms with Crippen molar-refractivity contribution in [1.29, 1.82) is 0 Å². The highest BCUT2D eigenvalue weighted by Crippen LogP contribution is 2.42. The van der Waals surface area contributed by atoms with Crippen LogP contribution in [0, 0.1) is 19.8 Å². The summed E-state index contributed by atoms with van der Waals surface area (Å²) in [5.74, 6) is 0.153. The molecule has 3 aromatic rings. The molecule has 5 rings (SSSR count). The van der Waals surface area contributed by atoms with Crippen molar-refractivity contribution in [2.75, 3.05) is 18.4 Å². The summed E-state index contributed by atoms with van der Waals surface area (Å²) < 4.78 is 0. The standard InChI is InChI=1S/C27H28N4O2/c1-17-18(2)29-24(14-22(17)19-9-5-3-6-10-19)30-27(33)23-13-21-15-28-16-25(32)31(21)26(23)20-11-7-4-8-12-20/h3-12,14,21,23,26,28H,13,15-16H2,1-2H3,(H,29,30,33)/t21-,23-,26-/m1/s1. The Morgan fingerprint density at radius 1 is 1.06 bits per heavy atom. The van der Waals surface area contributed by atoms with E-state index < -0.39 is 0 Å². The first-order chi connectivity index (χ1) is 16.0. The van der Waals surface area contributed by atoms with Crippen molar-refractivity contribution in [3.05, 3.63) is 83.6 Å². The number of piperazine rings is 1. The van der Waals surface area contributed by atoms with E-state index in [1.807, 2.05) is 66.4 Å². The van der Waals surface area contributed by atoms with Gasteiger partial charge in [-0.25, -0.2) is 4.98 Å². The lowest BCUT2D eigenvalue weighted by Gasteiger charge is -2.35. The zero-order valence-electron chi connectivity index (χ0n) is 18.9. The molecule has 3 atom stereocenters. The number of hydrogen-bond acceptors (Lipinski definition) is 4. The van der Waals surface area contributed by atoms with Gasteiger partial charge in [0.1, 0.15) is 5.82 Å². The Morgan fingerprint density at radius 3 is 2.48 bits per heavy atom. The first-order valence-corrected chi connectivity index (χ1v) is 11.4. The average molecular weight is 441 g/mol. The first kappa shape index (κ1) is 21.3. The minimum Gasteiger partial charge on any atom is -0.329 e. The highest BCUT2D eigenvalue weighted by atomic mass is 16.2. The van der Waals surface area contributed by atoms with E-state index in [9.17, 15) is 9.59 Å². The molecule has 0 spiro atoms. The predicted molar refractivity (Wildman–Crippen MR) is 129 cm³/mol. The summed E-state index contributed by atoms with van der Waals surface area (Å²) in [6, 6.07) is 21.7. The van der Waals surface area contributed by atoms with Crippen LogP contribution in [0.25, 0.3) is 11.1 Å². The van der Waals surface area contributed by atoms with E-state index in [0.717, 1.165) is 27.9 Å². The smallest absolute Gasteiger partial charge is 0.237 e. The molecule has 2 fully saturated rings. The Bertz CT molecular complexity index is 1180. The van der Waals surface area contributed by atoms with Crippen LogP contribution in [0.3, 0.4) is 0 Å². The lowest BCUT2D eigenvalue weighted by molar-refractivity contribution is -0.136. The summed E-state index contributed by atoms with van der Waals surface area (Å²) >= 11 is 0. The van der Waals surface area contributed by atoms with E-state index in [1.165, 1.54) is 0 Å². The topological polar surface area (TPSA) is 74.3 Å². The maximum Gasteiger partial charge on any atom is 0.237 e. The number of carbonyl (C=O) groups is 2. The maximum atomic E-state index is 13.6. The van der Waals surface area contributed by atoms with E-state index in [-0.39, 0.29) is 29.8 Å². The van der Waals surface area contributed by atoms with Crippen molar-refractivity contribution in [3.63, 3.8) is 0 Å². The van der Waals surface area contributed by atoms with Crippen molar-refractivity contribution in [3.8, 4) is 11.1 Å². The highest BCUT2D eigenvalue weighted by Gasteiger charge is 2.48. The number of rotatable bonds is 4. The number of aromatic nitrogens is 1. The summed E-state index contributed by atoms with van der Waals surface area (Å²) in [6.45, 7) is 5.03. The second-order valence-corrected chi connectivity index (χ2v) is 8.90. The number of amides is 2. The van der Waals surface area contributed by atoms with E-state index in [2.05, 4.69) is 34.7 Å². The van der Waals surface area contributed by atoms with Gasteiger partial charge in [-0.1, -0.05) is 60.7 Å². The fourth-order valence-electron chi connectivity index (χ4n) is 5.16. The second-order valence-electron chi connectivity index (χ2n) is 8.90. The molecule has 1 aromatic heterocycles. The molecule has 2 N–H and O–H groups in total. The van der Waals surface area contributed by atoms with Crippen molar-refractivity contribution < 1.29 is 9.59 Å². The number of aryl methyl sites for hydroxylation is 1. The molecule has 6 nitrogen and oxygen atoms in total. The molecule has 3 heterocycles. The molecule has 2 amide bonds. The Kier molecular flexibility index (Phi) is 5.68. The van der Waals surface area contributed by atoms with Gasteiger partial charge < -0.3 is 15.5 Å². The van der Waals surface area contributed by atoms with Crippen LogP contribution in [0.15, 0.2) is 66.7 Å². The third kappa shape index (κ3) is 4.02.